The summed E-state index contributed by atoms with van der Waals surface area (Å²) >= 11 is 0. The van der Waals surface area contributed by atoms with E-state index in [1.54, 1.807) is 0 Å². The minimum Gasteiger partial charge on any atom is -0.481 e. The molecule has 0 heterocycles. The van der Waals surface area contributed by atoms with Gasteiger partial charge in [0.05, 0.1) is 5.92 Å². The van der Waals surface area contributed by atoms with Crippen LogP contribution >= 0.6 is 0 Å². The lowest BCUT2D eigenvalue weighted by atomic mass is 10.1. The van der Waals surface area contributed by atoms with Crippen LogP contribution < -0.4 is 0 Å². The molecule has 1 saturated carbocycles. The molecule has 0 aliphatic heterocycles. The Labute approximate surface area is 112 Å². The van der Waals surface area contributed by atoms with Crippen LogP contribution in [0.1, 0.15) is 12.0 Å². The number of carboxylic acids is 1. The molecule has 0 radical (unpaired) electrons. The van der Waals surface area contributed by atoms with Gasteiger partial charge in [-0.15, -0.1) is 0 Å². The van der Waals surface area contributed by atoms with Crippen molar-refractivity contribution in [3.05, 3.63) is 48.0 Å². The predicted molar refractivity (Wildman–Crippen MR) is 74.9 cm³/mol. The summed E-state index contributed by atoms with van der Waals surface area (Å²) < 4.78 is 0. The van der Waals surface area contributed by atoms with Crippen LogP contribution in [-0.4, -0.2) is 29.1 Å². The van der Waals surface area contributed by atoms with Gasteiger partial charge in [0, 0.05) is 12.6 Å². The molecule has 0 bridgehead atoms. The summed E-state index contributed by atoms with van der Waals surface area (Å²) in [5.41, 5.74) is 1.23. The van der Waals surface area contributed by atoms with Crippen LogP contribution in [-0.2, 0) is 11.3 Å². The molecular formula is C16H17NO2. The van der Waals surface area contributed by atoms with Gasteiger partial charge in [-0.3, -0.25) is 9.69 Å². The fourth-order valence-corrected chi connectivity index (χ4v) is 2.68. The number of fused-ring (bicyclic) bond motifs is 1. The van der Waals surface area contributed by atoms with E-state index in [4.69, 9.17) is 5.11 Å². The second-order valence-corrected chi connectivity index (χ2v) is 5.34. The highest BCUT2D eigenvalue weighted by Crippen LogP contribution is 2.35. The standard InChI is InChI=1S/C16H17NO2/c1-17(15-9-14(15)16(18)19)10-11-6-7-12-4-2-3-5-13(12)8-11/h2-8,14-15H,9-10H2,1H3,(H,18,19). The molecule has 2 atom stereocenters. The smallest absolute Gasteiger partial charge is 0.308 e. The first-order valence-corrected chi connectivity index (χ1v) is 6.56. The Balaban J connectivity index is 1.73. The van der Waals surface area contributed by atoms with Crippen LogP contribution in [0.15, 0.2) is 42.5 Å². The maximum absolute atomic E-state index is 10.9. The van der Waals surface area contributed by atoms with Crippen LogP contribution in [0.25, 0.3) is 10.8 Å². The third-order valence-corrected chi connectivity index (χ3v) is 3.89. The van der Waals surface area contributed by atoms with Crippen molar-refractivity contribution in [2.75, 3.05) is 7.05 Å². The largest absolute Gasteiger partial charge is 0.481 e. The number of carboxylic acid groups (broad SMARTS) is 1. The van der Waals surface area contributed by atoms with Crippen molar-refractivity contribution in [1.82, 2.24) is 4.90 Å². The average molecular weight is 255 g/mol. The van der Waals surface area contributed by atoms with Gasteiger partial charge >= 0.3 is 5.97 Å². The minimum absolute atomic E-state index is 0.176. The monoisotopic (exact) mass is 255 g/mol. The van der Waals surface area contributed by atoms with E-state index < -0.39 is 5.97 Å². The van der Waals surface area contributed by atoms with E-state index in [1.807, 2.05) is 19.2 Å². The first-order valence-electron chi connectivity index (χ1n) is 6.56. The minimum atomic E-state index is -0.671. The van der Waals surface area contributed by atoms with E-state index in [9.17, 15) is 4.79 Å². The average Bonchev–Trinajstić information content (AvgIpc) is 3.19. The molecule has 1 N–H and O–H groups in total. The molecular weight excluding hydrogens is 238 g/mol. The number of carbonyl (C=O) groups is 1. The van der Waals surface area contributed by atoms with Crippen LogP contribution in [0.5, 0.6) is 0 Å². The summed E-state index contributed by atoms with van der Waals surface area (Å²) in [6.45, 7) is 0.805. The number of rotatable bonds is 4. The SMILES string of the molecule is CN(Cc1ccc2ccccc2c1)C1CC1C(=O)O. The highest BCUT2D eigenvalue weighted by molar-refractivity contribution is 5.83. The van der Waals surface area contributed by atoms with Gasteiger partial charge in [-0.2, -0.15) is 0 Å². The molecule has 19 heavy (non-hydrogen) atoms. The molecule has 2 unspecified atom stereocenters. The summed E-state index contributed by atoms with van der Waals surface area (Å²) in [5, 5.41) is 11.4. The molecule has 2 aromatic rings. The molecule has 3 rings (SSSR count). The Morgan fingerprint density at radius 2 is 2.00 bits per heavy atom. The van der Waals surface area contributed by atoms with Crippen LogP contribution in [0, 0.1) is 5.92 Å². The summed E-state index contributed by atoms with van der Waals surface area (Å²) in [6.07, 6.45) is 0.777. The summed E-state index contributed by atoms with van der Waals surface area (Å²) in [7, 11) is 2.00. The zero-order valence-electron chi connectivity index (χ0n) is 10.9. The predicted octanol–water partition coefficient (Wildman–Crippen LogP) is 2.74. The molecule has 0 amide bonds. The van der Waals surface area contributed by atoms with Crippen LogP contribution in [0.3, 0.4) is 0 Å². The van der Waals surface area contributed by atoms with E-state index in [0.29, 0.717) is 0 Å². The van der Waals surface area contributed by atoms with Gasteiger partial charge in [-0.1, -0.05) is 36.4 Å². The lowest BCUT2D eigenvalue weighted by Gasteiger charge is -2.16. The Hall–Kier alpha value is -1.87. The molecule has 0 spiro atoms. The number of hydrogen-bond donors (Lipinski definition) is 1. The molecule has 3 heteroatoms. The third kappa shape index (κ3) is 2.47. The zero-order valence-corrected chi connectivity index (χ0v) is 10.9. The van der Waals surface area contributed by atoms with Gasteiger partial charge in [-0.05, 0) is 35.9 Å². The van der Waals surface area contributed by atoms with E-state index in [2.05, 4.69) is 35.2 Å². The Bertz CT molecular complexity index is 623. The Morgan fingerprint density at radius 1 is 1.26 bits per heavy atom. The van der Waals surface area contributed by atoms with Crippen molar-refractivity contribution in [3.8, 4) is 0 Å². The van der Waals surface area contributed by atoms with Crippen LogP contribution in [0.4, 0.5) is 0 Å². The molecule has 0 aromatic heterocycles. The van der Waals surface area contributed by atoms with Crippen molar-refractivity contribution in [2.45, 2.75) is 19.0 Å². The number of aliphatic carboxylic acids is 1. The highest BCUT2D eigenvalue weighted by Gasteiger charge is 2.45. The third-order valence-electron chi connectivity index (χ3n) is 3.89. The van der Waals surface area contributed by atoms with E-state index in [1.165, 1.54) is 16.3 Å². The second kappa shape index (κ2) is 4.67. The fraction of sp³-hybridized carbons (Fsp3) is 0.312. The molecule has 0 saturated heterocycles. The van der Waals surface area contributed by atoms with E-state index in [0.717, 1.165) is 13.0 Å². The van der Waals surface area contributed by atoms with Crippen molar-refractivity contribution < 1.29 is 9.90 Å². The first kappa shape index (κ1) is 12.2. The van der Waals surface area contributed by atoms with Gasteiger partial charge in [-0.25, -0.2) is 0 Å². The molecule has 1 aliphatic carbocycles. The topological polar surface area (TPSA) is 40.5 Å². The summed E-state index contributed by atoms with van der Waals surface area (Å²) in [6, 6.07) is 14.9. The quantitative estimate of drug-likeness (QED) is 0.913. The van der Waals surface area contributed by atoms with Gasteiger partial charge in [0.15, 0.2) is 0 Å². The number of benzene rings is 2. The van der Waals surface area contributed by atoms with Gasteiger partial charge < -0.3 is 5.11 Å². The van der Waals surface area contributed by atoms with E-state index in [-0.39, 0.29) is 12.0 Å². The second-order valence-electron chi connectivity index (χ2n) is 5.34. The molecule has 1 aliphatic rings. The molecule has 98 valence electrons. The summed E-state index contributed by atoms with van der Waals surface area (Å²) in [5.74, 6) is -0.846. The molecule has 3 nitrogen and oxygen atoms in total. The lowest BCUT2D eigenvalue weighted by molar-refractivity contribution is -0.138. The van der Waals surface area contributed by atoms with Crippen molar-refractivity contribution in [2.24, 2.45) is 5.92 Å². The van der Waals surface area contributed by atoms with Crippen molar-refractivity contribution in [3.63, 3.8) is 0 Å². The first-order chi connectivity index (χ1) is 9.15. The van der Waals surface area contributed by atoms with Gasteiger partial charge in [0.25, 0.3) is 0 Å². The Morgan fingerprint density at radius 3 is 2.68 bits per heavy atom. The fourth-order valence-electron chi connectivity index (χ4n) is 2.68. The zero-order chi connectivity index (χ0) is 13.4. The highest BCUT2D eigenvalue weighted by atomic mass is 16.4. The maximum atomic E-state index is 10.9. The number of nitrogens with zero attached hydrogens (tertiary/aromatic N) is 1. The van der Waals surface area contributed by atoms with E-state index >= 15 is 0 Å². The van der Waals surface area contributed by atoms with Crippen molar-refractivity contribution in [1.29, 1.82) is 0 Å². The van der Waals surface area contributed by atoms with Gasteiger partial charge in [0.2, 0.25) is 0 Å². The number of hydrogen-bond acceptors (Lipinski definition) is 2. The lowest BCUT2D eigenvalue weighted by Crippen LogP contribution is -2.23. The molecule has 2 aromatic carbocycles. The summed E-state index contributed by atoms with van der Waals surface area (Å²) in [4.78, 5) is 13.0. The normalized spacial score (nSPS) is 21.8. The van der Waals surface area contributed by atoms with Crippen LogP contribution in [0.2, 0.25) is 0 Å². The molecule has 1 fully saturated rings. The van der Waals surface area contributed by atoms with Crippen molar-refractivity contribution >= 4 is 16.7 Å². The maximum Gasteiger partial charge on any atom is 0.308 e. The van der Waals surface area contributed by atoms with Gasteiger partial charge in [0.1, 0.15) is 0 Å². The Kier molecular flexibility index (Phi) is 2.99.